The SMILES string of the molecule is CC(=O)c1cc2ccccc2c(O)c1N. The van der Waals surface area contributed by atoms with Crippen molar-refractivity contribution in [2.24, 2.45) is 0 Å². The number of ketones is 1. The Morgan fingerprint density at radius 2 is 2.00 bits per heavy atom. The highest BCUT2D eigenvalue weighted by Crippen LogP contribution is 2.33. The summed E-state index contributed by atoms with van der Waals surface area (Å²) in [6, 6.07) is 8.97. The predicted molar refractivity (Wildman–Crippen MR) is 60.0 cm³/mol. The molecule has 0 saturated heterocycles. The molecule has 2 rings (SSSR count). The van der Waals surface area contributed by atoms with E-state index < -0.39 is 0 Å². The summed E-state index contributed by atoms with van der Waals surface area (Å²) in [5.41, 5.74) is 6.20. The molecule has 0 heterocycles. The lowest BCUT2D eigenvalue weighted by atomic mass is 10.0. The number of Topliss-reactive ketones (excluding diaryl/α,β-unsaturated/α-hetero) is 1. The number of benzene rings is 2. The highest BCUT2D eigenvalue weighted by atomic mass is 16.3. The molecule has 0 spiro atoms. The third-order valence-electron chi connectivity index (χ3n) is 2.44. The van der Waals surface area contributed by atoms with E-state index in [4.69, 9.17) is 5.73 Å². The monoisotopic (exact) mass is 201 g/mol. The maximum atomic E-state index is 11.3. The van der Waals surface area contributed by atoms with Crippen LogP contribution in [-0.4, -0.2) is 10.9 Å². The van der Waals surface area contributed by atoms with E-state index in [1.165, 1.54) is 6.92 Å². The van der Waals surface area contributed by atoms with Crippen LogP contribution in [0, 0.1) is 0 Å². The van der Waals surface area contributed by atoms with E-state index in [2.05, 4.69) is 0 Å². The molecule has 0 aliphatic rings. The van der Waals surface area contributed by atoms with Gasteiger partial charge in [0.1, 0.15) is 5.75 Å². The van der Waals surface area contributed by atoms with Crippen LogP contribution in [0.25, 0.3) is 10.8 Å². The normalized spacial score (nSPS) is 10.5. The Kier molecular flexibility index (Phi) is 2.08. The number of carbonyl (C=O) groups excluding carboxylic acids is 1. The summed E-state index contributed by atoms with van der Waals surface area (Å²) in [7, 11) is 0. The Labute approximate surface area is 87.1 Å². The quantitative estimate of drug-likeness (QED) is 0.423. The average molecular weight is 201 g/mol. The molecule has 0 amide bonds. The number of hydrogen-bond acceptors (Lipinski definition) is 3. The summed E-state index contributed by atoms with van der Waals surface area (Å²) in [6.07, 6.45) is 0. The molecular formula is C12H11NO2. The topological polar surface area (TPSA) is 63.3 Å². The molecule has 3 N–H and O–H groups in total. The van der Waals surface area contributed by atoms with Gasteiger partial charge in [-0.3, -0.25) is 4.79 Å². The van der Waals surface area contributed by atoms with Gasteiger partial charge in [0.15, 0.2) is 5.78 Å². The fourth-order valence-corrected chi connectivity index (χ4v) is 1.64. The zero-order valence-corrected chi connectivity index (χ0v) is 8.32. The molecule has 0 fully saturated rings. The van der Waals surface area contributed by atoms with Gasteiger partial charge in [-0.05, 0) is 18.4 Å². The molecule has 0 bridgehead atoms. The maximum absolute atomic E-state index is 11.3. The van der Waals surface area contributed by atoms with Crippen molar-refractivity contribution in [1.29, 1.82) is 0 Å². The van der Waals surface area contributed by atoms with E-state index in [0.29, 0.717) is 10.9 Å². The second-order valence-electron chi connectivity index (χ2n) is 3.46. The van der Waals surface area contributed by atoms with Gasteiger partial charge in [0.05, 0.1) is 5.69 Å². The van der Waals surface area contributed by atoms with Gasteiger partial charge in [0.25, 0.3) is 0 Å². The van der Waals surface area contributed by atoms with Crippen molar-refractivity contribution in [1.82, 2.24) is 0 Å². The Morgan fingerprint density at radius 3 is 2.67 bits per heavy atom. The molecule has 15 heavy (non-hydrogen) atoms. The van der Waals surface area contributed by atoms with Gasteiger partial charge >= 0.3 is 0 Å². The second-order valence-corrected chi connectivity index (χ2v) is 3.46. The molecule has 0 aliphatic carbocycles. The number of carbonyl (C=O) groups is 1. The fraction of sp³-hybridized carbons (Fsp3) is 0.0833. The van der Waals surface area contributed by atoms with Gasteiger partial charge in [-0.1, -0.05) is 24.3 Å². The summed E-state index contributed by atoms with van der Waals surface area (Å²) in [6.45, 7) is 1.43. The van der Waals surface area contributed by atoms with Gasteiger partial charge < -0.3 is 10.8 Å². The van der Waals surface area contributed by atoms with Gasteiger partial charge in [-0.15, -0.1) is 0 Å². The average Bonchev–Trinajstić information content (AvgIpc) is 2.23. The Bertz CT molecular complexity index is 547. The van der Waals surface area contributed by atoms with Crippen molar-refractivity contribution in [2.45, 2.75) is 6.92 Å². The minimum atomic E-state index is -0.145. The van der Waals surface area contributed by atoms with E-state index in [9.17, 15) is 9.90 Å². The Morgan fingerprint density at radius 1 is 1.33 bits per heavy atom. The molecule has 0 radical (unpaired) electrons. The fourth-order valence-electron chi connectivity index (χ4n) is 1.64. The predicted octanol–water partition coefficient (Wildman–Crippen LogP) is 2.33. The molecular weight excluding hydrogens is 190 g/mol. The first-order chi connectivity index (χ1) is 7.11. The van der Waals surface area contributed by atoms with Gasteiger partial charge in [0, 0.05) is 10.9 Å². The number of fused-ring (bicyclic) bond motifs is 1. The zero-order chi connectivity index (χ0) is 11.0. The molecule has 0 saturated carbocycles. The van der Waals surface area contributed by atoms with Crippen LogP contribution in [0.5, 0.6) is 5.75 Å². The first-order valence-electron chi connectivity index (χ1n) is 4.62. The van der Waals surface area contributed by atoms with Crippen LogP contribution in [0.15, 0.2) is 30.3 Å². The third kappa shape index (κ3) is 1.42. The van der Waals surface area contributed by atoms with E-state index in [1.807, 2.05) is 18.2 Å². The minimum Gasteiger partial charge on any atom is -0.505 e. The first-order valence-corrected chi connectivity index (χ1v) is 4.62. The lowest BCUT2D eigenvalue weighted by Gasteiger charge is -2.08. The van der Waals surface area contributed by atoms with Crippen molar-refractivity contribution in [3.05, 3.63) is 35.9 Å². The number of hydrogen-bond donors (Lipinski definition) is 2. The molecule has 0 atom stereocenters. The molecule has 0 aliphatic heterocycles. The highest BCUT2D eigenvalue weighted by Gasteiger charge is 2.12. The van der Waals surface area contributed by atoms with Crippen molar-refractivity contribution < 1.29 is 9.90 Å². The Balaban J connectivity index is 2.88. The summed E-state index contributed by atoms with van der Waals surface area (Å²) >= 11 is 0. The van der Waals surface area contributed by atoms with E-state index in [-0.39, 0.29) is 17.2 Å². The molecule has 0 unspecified atom stereocenters. The van der Waals surface area contributed by atoms with Gasteiger partial charge in [0.2, 0.25) is 0 Å². The van der Waals surface area contributed by atoms with Crippen LogP contribution in [-0.2, 0) is 0 Å². The Hall–Kier alpha value is -2.03. The van der Waals surface area contributed by atoms with Gasteiger partial charge in [-0.25, -0.2) is 0 Å². The molecule has 0 aromatic heterocycles. The number of aromatic hydroxyl groups is 1. The van der Waals surface area contributed by atoms with Crippen LogP contribution in [0.4, 0.5) is 5.69 Å². The van der Waals surface area contributed by atoms with Crippen LogP contribution in [0.2, 0.25) is 0 Å². The first kappa shape index (κ1) is 9.52. The van der Waals surface area contributed by atoms with Crippen molar-refractivity contribution in [3.63, 3.8) is 0 Å². The van der Waals surface area contributed by atoms with Crippen LogP contribution >= 0.6 is 0 Å². The third-order valence-corrected chi connectivity index (χ3v) is 2.44. The molecule has 2 aromatic carbocycles. The number of nitrogens with two attached hydrogens (primary N) is 1. The summed E-state index contributed by atoms with van der Waals surface area (Å²) in [5, 5.41) is 11.3. The van der Waals surface area contributed by atoms with Crippen LogP contribution in [0.1, 0.15) is 17.3 Å². The number of anilines is 1. The smallest absolute Gasteiger partial charge is 0.162 e. The summed E-state index contributed by atoms with van der Waals surface area (Å²) < 4.78 is 0. The largest absolute Gasteiger partial charge is 0.505 e. The summed E-state index contributed by atoms with van der Waals surface area (Å²) in [5.74, 6) is -0.160. The number of phenols is 1. The minimum absolute atomic E-state index is 0.0155. The maximum Gasteiger partial charge on any atom is 0.162 e. The standard InChI is InChI=1S/C12H11NO2/c1-7(14)10-6-8-4-2-3-5-9(8)12(15)11(10)13/h2-6,15H,13H2,1H3. The zero-order valence-electron chi connectivity index (χ0n) is 8.32. The summed E-state index contributed by atoms with van der Waals surface area (Å²) in [4.78, 5) is 11.3. The van der Waals surface area contributed by atoms with Crippen LogP contribution < -0.4 is 5.73 Å². The van der Waals surface area contributed by atoms with E-state index >= 15 is 0 Å². The van der Waals surface area contributed by atoms with E-state index in [1.54, 1.807) is 12.1 Å². The number of nitrogen functional groups attached to an aromatic ring is 1. The molecule has 3 nitrogen and oxygen atoms in total. The van der Waals surface area contributed by atoms with Crippen molar-refractivity contribution in [3.8, 4) is 5.75 Å². The molecule has 3 heteroatoms. The van der Waals surface area contributed by atoms with Crippen molar-refractivity contribution in [2.75, 3.05) is 5.73 Å². The van der Waals surface area contributed by atoms with Crippen LogP contribution in [0.3, 0.4) is 0 Å². The van der Waals surface area contributed by atoms with Gasteiger partial charge in [-0.2, -0.15) is 0 Å². The molecule has 2 aromatic rings. The lowest BCUT2D eigenvalue weighted by Crippen LogP contribution is -2.00. The van der Waals surface area contributed by atoms with Crippen molar-refractivity contribution >= 4 is 22.2 Å². The lowest BCUT2D eigenvalue weighted by molar-refractivity contribution is 0.101. The highest BCUT2D eigenvalue weighted by molar-refractivity contribution is 6.07. The number of phenolic OH excluding ortho intramolecular Hbond substituents is 1. The van der Waals surface area contributed by atoms with E-state index in [0.717, 1.165) is 5.39 Å². The second kappa shape index (κ2) is 3.28. The number of rotatable bonds is 1. The molecule has 76 valence electrons.